The quantitative estimate of drug-likeness (QED) is 0.431. The van der Waals surface area contributed by atoms with E-state index in [-0.39, 0.29) is 17.2 Å². The number of carbonyl (C=O) groups is 3. The van der Waals surface area contributed by atoms with E-state index in [0.717, 1.165) is 5.56 Å². The van der Waals surface area contributed by atoms with Gasteiger partial charge in [-0.1, -0.05) is 48.5 Å². The number of aryl methyl sites for hydroxylation is 1. The molecule has 36 heavy (non-hydrogen) atoms. The second kappa shape index (κ2) is 11.5. The Labute approximate surface area is 210 Å². The number of anilines is 2. The van der Waals surface area contributed by atoms with E-state index in [2.05, 4.69) is 10.6 Å². The highest BCUT2D eigenvalue weighted by Crippen LogP contribution is 2.19. The maximum atomic E-state index is 13.4. The van der Waals surface area contributed by atoms with Crippen LogP contribution >= 0.6 is 0 Å². The third kappa shape index (κ3) is 6.92. The molecular weight excluding hydrogens is 480 g/mol. The molecule has 0 aromatic heterocycles. The van der Waals surface area contributed by atoms with E-state index in [1.54, 1.807) is 56.4 Å². The van der Waals surface area contributed by atoms with Crippen LogP contribution in [0.4, 0.5) is 16.2 Å². The topological polar surface area (TPSA) is 125 Å². The fourth-order valence-corrected chi connectivity index (χ4v) is 4.77. The third-order valence-corrected chi connectivity index (χ3v) is 6.89. The van der Waals surface area contributed by atoms with Crippen molar-refractivity contribution in [2.45, 2.75) is 31.2 Å². The van der Waals surface area contributed by atoms with Gasteiger partial charge in [0.05, 0.1) is 4.90 Å². The average molecular weight is 509 g/mol. The molecule has 3 rings (SSSR count). The molecule has 0 radical (unpaired) electrons. The Morgan fingerprint density at radius 1 is 0.889 bits per heavy atom. The van der Waals surface area contributed by atoms with E-state index < -0.39 is 28.0 Å². The lowest BCUT2D eigenvalue weighted by Gasteiger charge is -2.25. The Kier molecular flexibility index (Phi) is 8.44. The summed E-state index contributed by atoms with van der Waals surface area (Å²) in [6.45, 7) is 3.02. The average Bonchev–Trinajstić information content (AvgIpc) is 2.83. The van der Waals surface area contributed by atoms with E-state index in [1.807, 2.05) is 35.1 Å². The van der Waals surface area contributed by atoms with Gasteiger partial charge in [-0.05, 0) is 48.4 Å². The molecule has 4 amide bonds. The monoisotopic (exact) mass is 508 g/mol. The second-order valence-electron chi connectivity index (χ2n) is 8.21. The van der Waals surface area contributed by atoms with Crippen LogP contribution in [-0.4, -0.2) is 39.4 Å². The molecule has 0 aliphatic carbocycles. The number of carbonyl (C=O) groups excluding carboxylic acids is 3. The minimum Gasteiger partial charge on any atom is -0.326 e. The molecule has 10 heteroatoms. The predicted molar refractivity (Wildman–Crippen MR) is 138 cm³/mol. The number of nitrogens with one attached hydrogen (secondary N) is 3. The number of benzene rings is 3. The van der Waals surface area contributed by atoms with E-state index in [0.29, 0.717) is 16.9 Å². The fraction of sp³-hybridized carbons (Fsp3) is 0.192. The van der Waals surface area contributed by atoms with Gasteiger partial charge in [-0.3, -0.25) is 9.59 Å². The first-order valence-electron chi connectivity index (χ1n) is 11.1. The molecule has 3 aromatic carbocycles. The maximum Gasteiger partial charge on any atom is 0.329 e. The number of nitrogens with zero attached hydrogens (tertiary/aromatic N) is 1. The summed E-state index contributed by atoms with van der Waals surface area (Å²) < 4.78 is 27.5. The van der Waals surface area contributed by atoms with Crippen LogP contribution in [0.5, 0.6) is 0 Å². The molecule has 188 valence electrons. The van der Waals surface area contributed by atoms with Crippen molar-refractivity contribution >= 4 is 39.2 Å². The molecule has 0 saturated heterocycles. The Morgan fingerprint density at radius 3 is 2.11 bits per heavy atom. The molecule has 0 spiro atoms. The van der Waals surface area contributed by atoms with Crippen LogP contribution in [0.15, 0.2) is 83.8 Å². The zero-order valence-corrected chi connectivity index (χ0v) is 21.0. The SMILES string of the molecule is CC(=O)Nc1ccc(N(C)C(=O)[C@H](Cc2ccccc2)NC(=O)NS(=O)(=O)c2ccccc2C)cc1. The zero-order chi connectivity index (χ0) is 26.3. The standard InChI is InChI=1S/C26H28N4O5S/c1-18-9-7-8-12-24(18)36(34,35)29-26(33)28-23(17-20-10-5-4-6-11-20)25(32)30(3)22-15-13-21(14-16-22)27-19(2)31/h4-16,23H,17H2,1-3H3,(H,27,31)(H2,28,29,33)/t23-/m0/s1. The van der Waals surface area contributed by atoms with Gasteiger partial charge in [-0.2, -0.15) is 0 Å². The van der Waals surface area contributed by atoms with Crippen LogP contribution in [0.25, 0.3) is 0 Å². The van der Waals surface area contributed by atoms with Crippen molar-refractivity contribution in [3.05, 3.63) is 90.0 Å². The lowest BCUT2D eigenvalue weighted by molar-refractivity contribution is -0.120. The second-order valence-corrected chi connectivity index (χ2v) is 9.86. The Hall–Kier alpha value is -4.18. The zero-order valence-electron chi connectivity index (χ0n) is 20.2. The molecular formula is C26H28N4O5S. The lowest BCUT2D eigenvalue weighted by atomic mass is 10.0. The molecule has 3 aromatic rings. The fourth-order valence-electron chi connectivity index (χ4n) is 3.61. The van der Waals surface area contributed by atoms with Gasteiger partial charge in [-0.15, -0.1) is 0 Å². The summed E-state index contributed by atoms with van der Waals surface area (Å²) in [5.41, 5.74) is 2.37. The summed E-state index contributed by atoms with van der Waals surface area (Å²) in [6.07, 6.45) is 0.145. The molecule has 0 aliphatic heterocycles. The summed E-state index contributed by atoms with van der Waals surface area (Å²) in [6, 6.07) is 19.9. The summed E-state index contributed by atoms with van der Waals surface area (Å²) in [5.74, 6) is -0.666. The van der Waals surface area contributed by atoms with Crippen LogP contribution in [0.1, 0.15) is 18.1 Å². The molecule has 0 aliphatic rings. The molecule has 0 saturated carbocycles. The van der Waals surface area contributed by atoms with Crippen LogP contribution in [0.3, 0.4) is 0 Å². The number of urea groups is 1. The Bertz CT molecular complexity index is 1340. The van der Waals surface area contributed by atoms with Crippen molar-refractivity contribution in [2.75, 3.05) is 17.3 Å². The molecule has 0 bridgehead atoms. The van der Waals surface area contributed by atoms with Crippen molar-refractivity contribution in [2.24, 2.45) is 0 Å². The first-order valence-corrected chi connectivity index (χ1v) is 12.6. The molecule has 0 fully saturated rings. The number of hydrogen-bond acceptors (Lipinski definition) is 5. The van der Waals surface area contributed by atoms with Gasteiger partial charge in [0, 0.05) is 31.8 Å². The Balaban J connectivity index is 1.80. The van der Waals surface area contributed by atoms with Crippen molar-refractivity contribution < 1.29 is 22.8 Å². The van der Waals surface area contributed by atoms with Crippen LogP contribution < -0.4 is 20.3 Å². The van der Waals surface area contributed by atoms with Crippen LogP contribution in [0.2, 0.25) is 0 Å². The number of hydrogen-bond donors (Lipinski definition) is 3. The van der Waals surface area contributed by atoms with Gasteiger partial charge >= 0.3 is 6.03 Å². The van der Waals surface area contributed by atoms with Gasteiger partial charge in [0.2, 0.25) is 11.8 Å². The van der Waals surface area contributed by atoms with Gasteiger partial charge in [0.25, 0.3) is 10.0 Å². The summed E-state index contributed by atoms with van der Waals surface area (Å²) in [7, 11) is -2.59. The van der Waals surface area contributed by atoms with Crippen molar-refractivity contribution in [3.8, 4) is 0 Å². The van der Waals surface area contributed by atoms with E-state index in [9.17, 15) is 22.8 Å². The van der Waals surface area contributed by atoms with Crippen LogP contribution in [-0.2, 0) is 26.0 Å². The summed E-state index contributed by atoms with van der Waals surface area (Å²) >= 11 is 0. The number of rotatable bonds is 8. The van der Waals surface area contributed by atoms with E-state index in [4.69, 9.17) is 0 Å². The van der Waals surface area contributed by atoms with E-state index in [1.165, 1.54) is 17.9 Å². The van der Waals surface area contributed by atoms with Gasteiger partial charge < -0.3 is 15.5 Å². The smallest absolute Gasteiger partial charge is 0.326 e. The van der Waals surface area contributed by atoms with Crippen molar-refractivity contribution in [3.63, 3.8) is 0 Å². The first kappa shape index (κ1) is 26.4. The molecule has 0 unspecified atom stereocenters. The molecule has 9 nitrogen and oxygen atoms in total. The minimum absolute atomic E-state index is 0.0255. The molecule has 0 heterocycles. The molecule has 1 atom stereocenters. The number of amides is 4. The normalized spacial score (nSPS) is 11.8. The lowest BCUT2D eigenvalue weighted by Crippen LogP contribution is -2.52. The van der Waals surface area contributed by atoms with E-state index >= 15 is 0 Å². The summed E-state index contributed by atoms with van der Waals surface area (Å²) in [5, 5.41) is 5.18. The van der Waals surface area contributed by atoms with Crippen molar-refractivity contribution in [1.29, 1.82) is 0 Å². The van der Waals surface area contributed by atoms with Crippen molar-refractivity contribution in [1.82, 2.24) is 10.0 Å². The third-order valence-electron chi connectivity index (χ3n) is 5.40. The molecule has 3 N–H and O–H groups in total. The number of sulfonamides is 1. The maximum absolute atomic E-state index is 13.4. The first-order chi connectivity index (χ1) is 17.1. The minimum atomic E-state index is -4.14. The highest BCUT2D eigenvalue weighted by molar-refractivity contribution is 7.90. The van der Waals surface area contributed by atoms with Crippen LogP contribution in [0, 0.1) is 6.92 Å². The highest BCUT2D eigenvalue weighted by Gasteiger charge is 2.27. The van der Waals surface area contributed by atoms with Gasteiger partial charge in [-0.25, -0.2) is 17.9 Å². The Morgan fingerprint density at radius 2 is 1.50 bits per heavy atom. The largest absolute Gasteiger partial charge is 0.329 e. The highest BCUT2D eigenvalue weighted by atomic mass is 32.2. The van der Waals surface area contributed by atoms with Gasteiger partial charge in [0.1, 0.15) is 6.04 Å². The number of likely N-dealkylation sites (N-methyl/N-ethyl adjacent to an activating group) is 1. The van der Waals surface area contributed by atoms with Gasteiger partial charge in [0.15, 0.2) is 0 Å². The predicted octanol–water partition coefficient (Wildman–Crippen LogP) is 3.22. The summed E-state index contributed by atoms with van der Waals surface area (Å²) in [4.78, 5) is 38.7.